The Kier molecular flexibility index (Phi) is 9.04. The van der Waals surface area contributed by atoms with Gasteiger partial charge in [-0.2, -0.15) is 0 Å². The van der Waals surface area contributed by atoms with E-state index >= 15 is 0 Å². The largest absolute Gasteiger partial charge is 0.383 e. The molecule has 32 heavy (non-hydrogen) atoms. The molecule has 3 rings (SSSR count). The molecule has 7 heteroatoms. The van der Waals surface area contributed by atoms with Crippen LogP contribution in [0.3, 0.4) is 0 Å². The van der Waals surface area contributed by atoms with Gasteiger partial charge in [0, 0.05) is 30.4 Å². The minimum absolute atomic E-state index is 0.102. The molecule has 0 saturated heterocycles. The number of benzene rings is 2. The molecule has 2 amide bonds. The van der Waals surface area contributed by atoms with Crippen LogP contribution in [0.5, 0.6) is 0 Å². The number of methoxy groups -OCH3 is 1. The van der Waals surface area contributed by atoms with Gasteiger partial charge in [0.05, 0.1) is 23.6 Å². The van der Waals surface area contributed by atoms with Crippen LogP contribution >= 0.6 is 11.8 Å². The monoisotopic (exact) mass is 447 g/mol. The van der Waals surface area contributed by atoms with Gasteiger partial charge in [0.2, 0.25) is 5.91 Å². The van der Waals surface area contributed by atoms with Crippen LogP contribution in [-0.4, -0.2) is 42.8 Å². The van der Waals surface area contributed by atoms with E-state index in [0.29, 0.717) is 24.4 Å². The summed E-state index contributed by atoms with van der Waals surface area (Å²) in [5.74, 6) is -0.102. The Balaban J connectivity index is 1.63. The number of amides is 2. The highest BCUT2D eigenvalue weighted by molar-refractivity contribution is 8.00. The second kappa shape index (κ2) is 12.4. The number of rotatable bonds is 10. The number of nitrogens with zero attached hydrogens (tertiary/aromatic N) is 1. The lowest BCUT2D eigenvalue weighted by atomic mass is 10.1. The average Bonchev–Trinajstić information content (AvgIpc) is 2.83. The van der Waals surface area contributed by atoms with E-state index in [1.54, 1.807) is 19.4 Å². The summed E-state index contributed by atoms with van der Waals surface area (Å²) in [6, 6.07) is 20.6. The molecule has 0 unspecified atom stereocenters. The Morgan fingerprint density at radius 1 is 1.03 bits per heavy atom. The van der Waals surface area contributed by atoms with Crippen molar-refractivity contribution >= 4 is 41.4 Å². The molecule has 6 nitrogen and oxygen atoms in total. The number of nitrogens with one attached hydrogen (secondary N) is 2. The van der Waals surface area contributed by atoms with E-state index < -0.39 is 0 Å². The van der Waals surface area contributed by atoms with Crippen molar-refractivity contribution in [3.63, 3.8) is 0 Å². The van der Waals surface area contributed by atoms with Crippen molar-refractivity contribution in [1.29, 1.82) is 0 Å². The molecule has 2 N–H and O–H groups in total. The van der Waals surface area contributed by atoms with Gasteiger partial charge in [0.1, 0.15) is 0 Å². The number of pyridine rings is 1. The fourth-order valence-corrected chi connectivity index (χ4v) is 3.72. The normalized spacial score (nSPS) is 10.8. The van der Waals surface area contributed by atoms with Crippen LogP contribution in [0, 0.1) is 0 Å². The molecule has 164 valence electrons. The summed E-state index contributed by atoms with van der Waals surface area (Å²) in [7, 11) is 1.59. The smallest absolute Gasteiger partial charge is 0.256 e. The van der Waals surface area contributed by atoms with Gasteiger partial charge in [-0.05, 0) is 48.0 Å². The van der Waals surface area contributed by atoms with Crippen LogP contribution in [-0.2, 0) is 9.53 Å². The highest BCUT2D eigenvalue weighted by atomic mass is 32.2. The van der Waals surface area contributed by atoms with E-state index in [1.807, 2.05) is 72.8 Å². The number of carbonyl (C=O) groups excluding carboxylic acids is 2. The van der Waals surface area contributed by atoms with Gasteiger partial charge in [-0.15, -0.1) is 11.8 Å². The molecular formula is C25H25N3O3S. The van der Waals surface area contributed by atoms with Gasteiger partial charge in [-0.3, -0.25) is 14.6 Å². The lowest BCUT2D eigenvalue weighted by Gasteiger charge is -2.11. The van der Waals surface area contributed by atoms with Gasteiger partial charge >= 0.3 is 0 Å². The average molecular weight is 448 g/mol. The summed E-state index contributed by atoms with van der Waals surface area (Å²) < 4.78 is 4.93. The zero-order chi connectivity index (χ0) is 22.6. The molecule has 1 heterocycles. The standard InChI is InChI=1S/C25H25N3O3S/c1-31-16-15-27-24(29)18-32-23-11-3-2-10-22(23)25(30)28-21-9-6-7-19(17-21)12-13-20-8-4-5-14-26-20/h2-14,17H,15-16,18H2,1H3,(H,27,29)(H,28,30)/b13-12-. The van der Waals surface area contributed by atoms with Gasteiger partial charge in [0.15, 0.2) is 0 Å². The van der Waals surface area contributed by atoms with E-state index in [1.165, 1.54) is 11.8 Å². The Bertz CT molecular complexity index is 1070. The van der Waals surface area contributed by atoms with E-state index in [4.69, 9.17) is 4.74 Å². The predicted octanol–water partition coefficient (Wildman–Crippen LogP) is 4.36. The molecule has 0 aliphatic carbocycles. The molecule has 0 saturated carbocycles. The summed E-state index contributed by atoms with van der Waals surface area (Å²) >= 11 is 1.33. The fourth-order valence-electron chi connectivity index (χ4n) is 2.84. The Morgan fingerprint density at radius 3 is 2.69 bits per heavy atom. The maximum atomic E-state index is 12.9. The molecule has 0 aliphatic heterocycles. The van der Waals surface area contributed by atoms with Crippen LogP contribution in [0.4, 0.5) is 5.69 Å². The summed E-state index contributed by atoms with van der Waals surface area (Å²) in [5.41, 5.74) is 3.02. The van der Waals surface area contributed by atoms with Crippen LogP contribution < -0.4 is 10.6 Å². The molecule has 0 aliphatic rings. The summed E-state index contributed by atoms with van der Waals surface area (Å²) in [4.78, 5) is 29.9. The van der Waals surface area contributed by atoms with Gasteiger partial charge < -0.3 is 15.4 Å². The van der Waals surface area contributed by atoms with Crippen molar-refractivity contribution in [2.45, 2.75) is 4.90 Å². The molecule has 0 fully saturated rings. The maximum Gasteiger partial charge on any atom is 0.256 e. The summed E-state index contributed by atoms with van der Waals surface area (Å²) in [6.45, 7) is 0.925. The van der Waals surface area contributed by atoms with E-state index in [9.17, 15) is 9.59 Å². The highest BCUT2D eigenvalue weighted by Crippen LogP contribution is 2.24. The topological polar surface area (TPSA) is 80.3 Å². The first-order chi connectivity index (χ1) is 15.7. The van der Waals surface area contributed by atoms with Crippen molar-refractivity contribution in [2.24, 2.45) is 0 Å². The first-order valence-electron chi connectivity index (χ1n) is 10.1. The van der Waals surface area contributed by atoms with Crippen molar-refractivity contribution in [2.75, 3.05) is 31.3 Å². The van der Waals surface area contributed by atoms with Gasteiger partial charge in [-0.1, -0.05) is 36.4 Å². The van der Waals surface area contributed by atoms with Crippen molar-refractivity contribution in [3.05, 3.63) is 89.7 Å². The van der Waals surface area contributed by atoms with Crippen molar-refractivity contribution in [1.82, 2.24) is 10.3 Å². The molecule has 0 spiro atoms. The predicted molar refractivity (Wildman–Crippen MR) is 130 cm³/mol. The summed E-state index contributed by atoms with van der Waals surface area (Å²) in [5, 5.41) is 5.72. The maximum absolute atomic E-state index is 12.9. The van der Waals surface area contributed by atoms with Gasteiger partial charge in [-0.25, -0.2) is 0 Å². The third kappa shape index (κ3) is 7.37. The van der Waals surface area contributed by atoms with Crippen LogP contribution in [0.1, 0.15) is 21.6 Å². The molecule has 0 bridgehead atoms. The lowest BCUT2D eigenvalue weighted by Crippen LogP contribution is -2.28. The Morgan fingerprint density at radius 2 is 1.88 bits per heavy atom. The fraction of sp³-hybridized carbons (Fsp3) is 0.160. The van der Waals surface area contributed by atoms with E-state index in [-0.39, 0.29) is 17.6 Å². The number of carbonyl (C=O) groups is 2. The molecular weight excluding hydrogens is 422 g/mol. The molecule has 2 aromatic carbocycles. The second-order valence-corrected chi connectivity index (χ2v) is 7.81. The zero-order valence-electron chi connectivity index (χ0n) is 17.8. The SMILES string of the molecule is COCCNC(=O)CSc1ccccc1C(=O)Nc1cccc(/C=C\c2ccccn2)c1. The Labute approximate surface area is 192 Å². The number of hydrogen-bond donors (Lipinski definition) is 2. The third-order valence-electron chi connectivity index (χ3n) is 4.40. The van der Waals surface area contributed by atoms with Crippen molar-refractivity contribution in [3.8, 4) is 0 Å². The molecule has 0 atom stereocenters. The Hall–Kier alpha value is -3.42. The number of ether oxygens (including phenoxy) is 1. The molecule has 3 aromatic rings. The first-order valence-corrected chi connectivity index (χ1v) is 11.1. The number of thioether (sulfide) groups is 1. The molecule has 1 aromatic heterocycles. The second-order valence-electron chi connectivity index (χ2n) is 6.80. The first kappa shape index (κ1) is 23.2. The van der Waals surface area contributed by atoms with Crippen molar-refractivity contribution < 1.29 is 14.3 Å². The summed E-state index contributed by atoms with van der Waals surface area (Å²) in [6.07, 6.45) is 5.61. The minimum Gasteiger partial charge on any atom is -0.383 e. The van der Waals surface area contributed by atoms with E-state index in [2.05, 4.69) is 15.6 Å². The van der Waals surface area contributed by atoms with Crippen LogP contribution in [0.25, 0.3) is 12.2 Å². The number of hydrogen-bond acceptors (Lipinski definition) is 5. The lowest BCUT2D eigenvalue weighted by molar-refractivity contribution is -0.118. The van der Waals surface area contributed by atoms with Crippen LogP contribution in [0.2, 0.25) is 0 Å². The number of aromatic nitrogens is 1. The molecule has 0 radical (unpaired) electrons. The number of anilines is 1. The van der Waals surface area contributed by atoms with Gasteiger partial charge in [0.25, 0.3) is 5.91 Å². The highest BCUT2D eigenvalue weighted by Gasteiger charge is 2.13. The van der Waals surface area contributed by atoms with E-state index in [0.717, 1.165) is 16.2 Å². The minimum atomic E-state index is -0.223. The third-order valence-corrected chi connectivity index (χ3v) is 5.47. The zero-order valence-corrected chi connectivity index (χ0v) is 18.6. The van der Waals surface area contributed by atoms with Crippen LogP contribution in [0.15, 0.2) is 77.8 Å². The quantitative estimate of drug-likeness (QED) is 0.357.